The van der Waals surface area contributed by atoms with Crippen LogP contribution in [0.3, 0.4) is 0 Å². The molecule has 0 aliphatic carbocycles. The number of anilines is 1. The van der Waals surface area contributed by atoms with Crippen LogP contribution in [-0.4, -0.2) is 38.0 Å². The Morgan fingerprint density at radius 3 is 2.08 bits per heavy atom. The van der Waals surface area contributed by atoms with E-state index in [0.717, 1.165) is 4.90 Å². The molecule has 5 nitrogen and oxygen atoms in total. The first-order valence-corrected chi connectivity index (χ1v) is 10.5. The minimum Gasteiger partial charge on any atom is -0.322 e. The van der Waals surface area contributed by atoms with E-state index in [1.165, 1.54) is 16.4 Å². The molecular weight excluding hydrogens is 356 g/mol. The van der Waals surface area contributed by atoms with Crippen LogP contribution >= 0.6 is 11.8 Å². The number of rotatable bonds is 6. The lowest BCUT2D eigenvalue weighted by molar-refractivity contribution is 0.102. The van der Waals surface area contributed by atoms with Gasteiger partial charge in [-0.3, -0.25) is 4.79 Å². The molecular formula is C18H22N2O3S2. The molecule has 7 heteroatoms. The quantitative estimate of drug-likeness (QED) is 0.779. The second kappa shape index (κ2) is 8.03. The highest BCUT2D eigenvalue weighted by atomic mass is 32.2. The number of nitrogens with one attached hydrogen (secondary N) is 1. The summed E-state index contributed by atoms with van der Waals surface area (Å²) in [4.78, 5) is 13.5. The predicted molar refractivity (Wildman–Crippen MR) is 103 cm³/mol. The van der Waals surface area contributed by atoms with Crippen molar-refractivity contribution < 1.29 is 13.2 Å². The Morgan fingerprint density at radius 2 is 1.60 bits per heavy atom. The number of carbonyl (C=O) groups is 1. The maximum atomic E-state index is 12.4. The standard InChI is InChI=1S/C18H22N2O3S2/c1-13(2)20(3)25(22,23)17-11-7-15(8-12-17)19-18(21)14-5-9-16(24-4)10-6-14/h5-13H,1-4H3,(H,19,21). The van der Waals surface area contributed by atoms with E-state index in [0.29, 0.717) is 11.3 Å². The van der Waals surface area contributed by atoms with Gasteiger partial charge in [-0.1, -0.05) is 0 Å². The molecule has 0 spiro atoms. The van der Waals surface area contributed by atoms with Gasteiger partial charge in [-0.25, -0.2) is 8.42 Å². The van der Waals surface area contributed by atoms with Crippen LogP contribution in [0, 0.1) is 0 Å². The van der Waals surface area contributed by atoms with Crippen LogP contribution in [0.25, 0.3) is 0 Å². The van der Waals surface area contributed by atoms with Gasteiger partial charge in [0.1, 0.15) is 0 Å². The average Bonchev–Trinajstić information content (AvgIpc) is 2.61. The first-order chi connectivity index (χ1) is 11.8. The lowest BCUT2D eigenvalue weighted by atomic mass is 10.2. The van der Waals surface area contributed by atoms with Crippen molar-refractivity contribution in [3.8, 4) is 0 Å². The van der Waals surface area contributed by atoms with Crippen LogP contribution in [0.2, 0.25) is 0 Å². The Bertz CT molecular complexity index is 830. The fourth-order valence-electron chi connectivity index (χ4n) is 2.10. The molecule has 134 valence electrons. The summed E-state index contributed by atoms with van der Waals surface area (Å²) in [5.74, 6) is -0.234. The second-order valence-electron chi connectivity index (χ2n) is 5.82. The van der Waals surface area contributed by atoms with Crippen molar-refractivity contribution in [1.82, 2.24) is 4.31 Å². The van der Waals surface area contributed by atoms with Gasteiger partial charge in [0.15, 0.2) is 0 Å². The maximum absolute atomic E-state index is 12.4. The maximum Gasteiger partial charge on any atom is 0.255 e. The Hall–Kier alpha value is -1.83. The van der Waals surface area contributed by atoms with Gasteiger partial charge in [-0.2, -0.15) is 4.31 Å². The molecule has 0 bridgehead atoms. The zero-order valence-corrected chi connectivity index (χ0v) is 16.3. The van der Waals surface area contributed by atoms with Gasteiger partial charge in [0.05, 0.1) is 4.90 Å². The van der Waals surface area contributed by atoms with Gasteiger partial charge in [-0.15, -0.1) is 11.8 Å². The van der Waals surface area contributed by atoms with E-state index in [-0.39, 0.29) is 16.8 Å². The van der Waals surface area contributed by atoms with Crippen molar-refractivity contribution in [2.75, 3.05) is 18.6 Å². The summed E-state index contributed by atoms with van der Waals surface area (Å²) in [6.45, 7) is 3.63. The summed E-state index contributed by atoms with van der Waals surface area (Å²) in [5.41, 5.74) is 1.10. The monoisotopic (exact) mass is 378 g/mol. The zero-order valence-electron chi connectivity index (χ0n) is 14.7. The molecule has 1 N–H and O–H groups in total. The summed E-state index contributed by atoms with van der Waals surface area (Å²) in [6, 6.07) is 13.4. The molecule has 2 rings (SSSR count). The molecule has 0 heterocycles. The number of hydrogen-bond donors (Lipinski definition) is 1. The van der Waals surface area contributed by atoms with Crippen LogP contribution in [-0.2, 0) is 10.0 Å². The lowest BCUT2D eigenvalue weighted by Gasteiger charge is -2.21. The lowest BCUT2D eigenvalue weighted by Crippen LogP contribution is -2.33. The molecule has 0 aliphatic rings. The molecule has 0 saturated carbocycles. The number of amides is 1. The van der Waals surface area contributed by atoms with E-state index < -0.39 is 10.0 Å². The zero-order chi connectivity index (χ0) is 18.6. The minimum atomic E-state index is -3.53. The average molecular weight is 379 g/mol. The van der Waals surface area contributed by atoms with Gasteiger partial charge >= 0.3 is 0 Å². The molecule has 0 atom stereocenters. The Labute approximate surface area is 153 Å². The van der Waals surface area contributed by atoms with Crippen molar-refractivity contribution in [2.45, 2.75) is 29.7 Å². The molecule has 0 fully saturated rings. The molecule has 0 radical (unpaired) electrons. The largest absolute Gasteiger partial charge is 0.322 e. The topological polar surface area (TPSA) is 66.5 Å². The van der Waals surface area contributed by atoms with E-state index in [2.05, 4.69) is 5.32 Å². The number of nitrogens with zero attached hydrogens (tertiary/aromatic N) is 1. The number of carbonyl (C=O) groups excluding carboxylic acids is 1. The van der Waals surface area contributed by atoms with Crippen molar-refractivity contribution in [1.29, 1.82) is 0 Å². The summed E-state index contributed by atoms with van der Waals surface area (Å²) in [7, 11) is -1.98. The fourth-order valence-corrected chi connectivity index (χ4v) is 3.88. The van der Waals surface area contributed by atoms with E-state index in [9.17, 15) is 13.2 Å². The SMILES string of the molecule is CSc1ccc(C(=O)Nc2ccc(S(=O)(=O)N(C)C(C)C)cc2)cc1. The highest BCUT2D eigenvalue weighted by Gasteiger charge is 2.22. The highest BCUT2D eigenvalue weighted by molar-refractivity contribution is 7.98. The molecule has 0 aliphatic heterocycles. The smallest absolute Gasteiger partial charge is 0.255 e. The van der Waals surface area contributed by atoms with Crippen LogP contribution in [0.1, 0.15) is 24.2 Å². The fraction of sp³-hybridized carbons (Fsp3) is 0.278. The number of benzene rings is 2. The van der Waals surface area contributed by atoms with Gasteiger partial charge < -0.3 is 5.32 Å². The first-order valence-electron chi connectivity index (χ1n) is 7.79. The molecule has 0 aromatic heterocycles. The van der Waals surface area contributed by atoms with Crippen LogP contribution in [0.4, 0.5) is 5.69 Å². The third kappa shape index (κ3) is 4.62. The summed E-state index contributed by atoms with van der Waals surface area (Å²) < 4.78 is 26.2. The molecule has 1 amide bonds. The predicted octanol–water partition coefficient (Wildman–Crippen LogP) is 3.69. The van der Waals surface area contributed by atoms with Gasteiger partial charge in [0.25, 0.3) is 5.91 Å². The molecule has 2 aromatic rings. The Kier molecular flexibility index (Phi) is 6.26. The number of sulfonamides is 1. The summed E-state index contributed by atoms with van der Waals surface area (Å²) in [5, 5.41) is 2.77. The third-order valence-corrected chi connectivity index (χ3v) is 6.66. The highest BCUT2D eigenvalue weighted by Crippen LogP contribution is 2.20. The molecule has 25 heavy (non-hydrogen) atoms. The molecule has 0 saturated heterocycles. The van der Waals surface area contributed by atoms with E-state index in [1.54, 1.807) is 43.1 Å². The van der Waals surface area contributed by atoms with E-state index in [4.69, 9.17) is 0 Å². The van der Waals surface area contributed by atoms with Crippen molar-refractivity contribution in [2.24, 2.45) is 0 Å². The van der Waals surface area contributed by atoms with E-state index >= 15 is 0 Å². The number of hydrogen-bond acceptors (Lipinski definition) is 4. The molecule has 0 unspecified atom stereocenters. The number of thioether (sulfide) groups is 1. The van der Waals surface area contributed by atoms with Gasteiger partial charge in [0.2, 0.25) is 10.0 Å². The normalized spacial score (nSPS) is 11.8. The second-order valence-corrected chi connectivity index (χ2v) is 8.70. The van der Waals surface area contributed by atoms with Gasteiger partial charge in [0, 0.05) is 29.2 Å². The van der Waals surface area contributed by atoms with Crippen LogP contribution < -0.4 is 5.32 Å². The van der Waals surface area contributed by atoms with Crippen molar-refractivity contribution in [3.05, 3.63) is 54.1 Å². The Morgan fingerprint density at radius 1 is 1.04 bits per heavy atom. The minimum absolute atomic E-state index is 0.131. The van der Waals surface area contributed by atoms with Gasteiger partial charge in [-0.05, 0) is 68.6 Å². The third-order valence-electron chi connectivity index (χ3n) is 3.87. The summed E-state index contributed by atoms with van der Waals surface area (Å²) in [6.07, 6.45) is 1.97. The Balaban J connectivity index is 2.13. The van der Waals surface area contributed by atoms with Crippen molar-refractivity contribution >= 4 is 33.4 Å². The van der Waals surface area contributed by atoms with Crippen LogP contribution in [0.5, 0.6) is 0 Å². The van der Waals surface area contributed by atoms with Crippen molar-refractivity contribution in [3.63, 3.8) is 0 Å². The van der Waals surface area contributed by atoms with Crippen LogP contribution in [0.15, 0.2) is 58.3 Å². The first kappa shape index (κ1) is 19.5. The molecule has 2 aromatic carbocycles. The summed E-state index contributed by atoms with van der Waals surface area (Å²) >= 11 is 1.61. The van der Waals surface area contributed by atoms with E-state index in [1.807, 2.05) is 32.2 Å².